The summed E-state index contributed by atoms with van der Waals surface area (Å²) in [7, 11) is 0. The second-order valence-corrected chi connectivity index (χ2v) is 5.48. The molecule has 2 rings (SSSR count). The Labute approximate surface area is 125 Å². The van der Waals surface area contributed by atoms with Crippen LogP contribution in [-0.4, -0.2) is 53.8 Å². The van der Waals surface area contributed by atoms with Crippen molar-refractivity contribution in [1.29, 1.82) is 0 Å². The molecule has 1 fully saturated rings. The summed E-state index contributed by atoms with van der Waals surface area (Å²) in [5.41, 5.74) is 6.50. The summed E-state index contributed by atoms with van der Waals surface area (Å²) in [5.74, 6) is -0.121. The van der Waals surface area contributed by atoms with Crippen molar-refractivity contribution in [1.82, 2.24) is 9.80 Å². The first-order valence-electron chi connectivity index (χ1n) is 7.43. The maximum Gasteiger partial charge on any atom is 0.234 e. The molecule has 1 aliphatic rings. The minimum atomic E-state index is -0.307. The Morgan fingerprint density at radius 3 is 2.33 bits per heavy atom. The van der Waals surface area contributed by atoms with Crippen LogP contribution >= 0.6 is 0 Å². The molecular weight excluding hydrogens is 266 g/mol. The van der Waals surface area contributed by atoms with E-state index in [0.29, 0.717) is 32.6 Å². The molecule has 2 N–H and O–H groups in total. The quantitative estimate of drug-likeness (QED) is 0.865. The van der Waals surface area contributed by atoms with E-state index in [1.54, 1.807) is 0 Å². The van der Waals surface area contributed by atoms with Crippen molar-refractivity contribution in [3.05, 3.63) is 35.9 Å². The lowest BCUT2D eigenvalue weighted by atomic mass is 10.1. The Balaban J connectivity index is 1.77. The molecule has 0 aliphatic carbocycles. The lowest BCUT2D eigenvalue weighted by Gasteiger charge is -2.37. The van der Waals surface area contributed by atoms with Crippen LogP contribution in [0.2, 0.25) is 0 Å². The lowest BCUT2D eigenvalue weighted by molar-refractivity contribution is -0.133. The smallest absolute Gasteiger partial charge is 0.234 e. The van der Waals surface area contributed by atoms with Crippen molar-refractivity contribution in [2.75, 3.05) is 26.2 Å². The molecule has 114 valence electrons. The summed E-state index contributed by atoms with van der Waals surface area (Å²) < 4.78 is 0. The van der Waals surface area contributed by atoms with Crippen molar-refractivity contribution < 1.29 is 9.59 Å². The molecule has 0 spiro atoms. The van der Waals surface area contributed by atoms with Gasteiger partial charge >= 0.3 is 0 Å². The molecule has 1 heterocycles. The molecule has 1 aliphatic heterocycles. The number of nitrogens with two attached hydrogens (primary N) is 1. The van der Waals surface area contributed by atoms with Crippen LogP contribution in [0.4, 0.5) is 0 Å². The number of carbonyl (C=O) groups is 2. The van der Waals surface area contributed by atoms with Crippen LogP contribution in [0.5, 0.6) is 0 Å². The van der Waals surface area contributed by atoms with E-state index in [1.165, 1.54) is 5.56 Å². The van der Waals surface area contributed by atoms with Gasteiger partial charge in [-0.1, -0.05) is 30.3 Å². The van der Waals surface area contributed by atoms with Crippen LogP contribution in [0.25, 0.3) is 0 Å². The molecule has 0 saturated carbocycles. The summed E-state index contributed by atoms with van der Waals surface area (Å²) in [6.07, 6.45) is 1.31. The second-order valence-electron chi connectivity index (χ2n) is 5.48. The van der Waals surface area contributed by atoms with Gasteiger partial charge in [-0.2, -0.15) is 0 Å². The molecule has 5 nitrogen and oxygen atoms in total. The minimum Gasteiger partial charge on any atom is -0.368 e. The highest BCUT2D eigenvalue weighted by molar-refractivity contribution is 5.79. The fraction of sp³-hybridized carbons (Fsp3) is 0.500. The average Bonchev–Trinajstić information content (AvgIpc) is 2.53. The first-order chi connectivity index (χ1) is 10.1. The van der Waals surface area contributed by atoms with E-state index in [9.17, 15) is 9.59 Å². The number of primary amides is 1. The number of piperazine rings is 1. The van der Waals surface area contributed by atoms with E-state index in [0.717, 1.165) is 6.42 Å². The Morgan fingerprint density at radius 1 is 1.14 bits per heavy atom. The fourth-order valence-electron chi connectivity index (χ4n) is 2.59. The summed E-state index contributed by atoms with van der Waals surface area (Å²) in [5, 5.41) is 0. The molecule has 0 unspecified atom stereocenters. The first-order valence-corrected chi connectivity index (χ1v) is 7.43. The standard InChI is InChI=1S/C16H23N3O2/c1-13(16(17)21)18-9-11-19(12-10-18)15(20)8-7-14-5-3-2-4-6-14/h2-6,13H,7-12H2,1H3,(H2,17,21)/t13-/m1/s1. The number of amides is 2. The van der Waals surface area contributed by atoms with Gasteiger partial charge < -0.3 is 10.6 Å². The molecule has 0 bridgehead atoms. The number of hydrogen-bond donors (Lipinski definition) is 1. The maximum atomic E-state index is 12.2. The van der Waals surface area contributed by atoms with Crippen LogP contribution in [0.3, 0.4) is 0 Å². The molecule has 1 atom stereocenters. The summed E-state index contributed by atoms with van der Waals surface area (Å²) in [4.78, 5) is 27.3. The number of hydrogen-bond acceptors (Lipinski definition) is 3. The topological polar surface area (TPSA) is 66.6 Å². The number of rotatable bonds is 5. The van der Waals surface area contributed by atoms with Gasteiger partial charge in [0.2, 0.25) is 11.8 Å². The summed E-state index contributed by atoms with van der Waals surface area (Å²) in [6.45, 7) is 4.58. The highest BCUT2D eigenvalue weighted by Gasteiger charge is 2.25. The van der Waals surface area contributed by atoms with Crippen molar-refractivity contribution in [2.24, 2.45) is 5.73 Å². The number of aryl methyl sites for hydroxylation is 1. The van der Waals surface area contributed by atoms with Crippen LogP contribution in [0.1, 0.15) is 18.9 Å². The number of nitrogens with zero attached hydrogens (tertiary/aromatic N) is 2. The van der Waals surface area contributed by atoms with Gasteiger partial charge in [-0.05, 0) is 18.9 Å². The molecule has 0 aromatic heterocycles. The normalized spacial score (nSPS) is 17.5. The third kappa shape index (κ3) is 4.29. The van der Waals surface area contributed by atoms with Crippen molar-refractivity contribution in [3.63, 3.8) is 0 Å². The van der Waals surface area contributed by atoms with Crippen molar-refractivity contribution in [2.45, 2.75) is 25.8 Å². The summed E-state index contributed by atoms with van der Waals surface area (Å²) >= 11 is 0. The maximum absolute atomic E-state index is 12.2. The lowest BCUT2D eigenvalue weighted by Crippen LogP contribution is -2.54. The third-order valence-electron chi connectivity index (χ3n) is 4.10. The molecule has 1 aromatic carbocycles. The van der Waals surface area contributed by atoms with E-state index in [-0.39, 0.29) is 17.9 Å². The van der Waals surface area contributed by atoms with E-state index >= 15 is 0 Å². The van der Waals surface area contributed by atoms with Gasteiger partial charge in [0.15, 0.2) is 0 Å². The summed E-state index contributed by atoms with van der Waals surface area (Å²) in [6, 6.07) is 9.78. The molecule has 21 heavy (non-hydrogen) atoms. The third-order valence-corrected chi connectivity index (χ3v) is 4.10. The average molecular weight is 289 g/mol. The first kappa shape index (κ1) is 15.5. The number of benzene rings is 1. The van der Waals surface area contributed by atoms with Crippen molar-refractivity contribution >= 4 is 11.8 Å². The monoisotopic (exact) mass is 289 g/mol. The zero-order valence-electron chi connectivity index (χ0n) is 12.5. The molecule has 5 heteroatoms. The van der Waals surface area contributed by atoms with E-state index in [4.69, 9.17) is 5.73 Å². The van der Waals surface area contributed by atoms with Gasteiger partial charge in [0, 0.05) is 32.6 Å². The van der Waals surface area contributed by atoms with Crippen LogP contribution in [-0.2, 0) is 16.0 Å². The Kier molecular flexibility index (Phi) is 5.33. The molecular formula is C16H23N3O2. The second kappa shape index (κ2) is 7.22. The van der Waals surface area contributed by atoms with Gasteiger partial charge in [0.25, 0.3) is 0 Å². The van der Waals surface area contributed by atoms with Crippen molar-refractivity contribution in [3.8, 4) is 0 Å². The van der Waals surface area contributed by atoms with Crippen LogP contribution < -0.4 is 5.73 Å². The molecule has 1 aromatic rings. The van der Waals surface area contributed by atoms with Gasteiger partial charge in [0.05, 0.1) is 6.04 Å². The SMILES string of the molecule is C[C@H](C(N)=O)N1CCN(C(=O)CCc2ccccc2)CC1. The Hall–Kier alpha value is -1.88. The predicted octanol–water partition coefficient (Wildman–Crippen LogP) is 0.637. The fourth-order valence-corrected chi connectivity index (χ4v) is 2.59. The van der Waals surface area contributed by atoms with E-state index in [2.05, 4.69) is 0 Å². The van der Waals surface area contributed by atoms with Gasteiger partial charge in [-0.3, -0.25) is 14.5 Å². The Morgan fingerprint density at radius 2 is 1.76 bits per heavy atom. The highest BCUT2D eigenvalue weighted by Crippen LogP contribution is 2.09. The number of carbonyl (C=O) groups excluding carboxylic acids is 2. The molecule has 2 amide bonds. The van der Waals surface area contributed by atoms with Crippen LogP contribution in [0, 0.1) is 0 Å². The van der Waals surface area contributed by atoms with Gasteiger partial charge in [-0.15, -0.1) is 0 Å². The van der Waals surface area contributed by atoms with Crippen LogP contribution in [0.15, 0.2) is 30.3 Å². The predicted molar refractivity (Wildman–Crippen MR) is 81.6 cm³/mol. The highest BCUT2D eigenvalue weighted by atomic mass is 16.2. The van der Waals surface area contributed by atoms with Gasteiger partial charge in [0.1, 0.15) is 0 Å². The van der Waals surface area contributed by atoms with E-state index < -0.39 is 0 Å². The Bertz CT molecular complexity index is 482. The van der Waals surface area contributed by atoms with Gasteiger partial charge in [-0.25, -0.2) is 0 Å². The van der Waals surface area contributed by atoms with E-state index in [1.807, 2.05) is 47.1 Å². The molecule has 0 radical (unpaired) electrons. The zero-order valence-corrected chi connectivity index (χ0v) is 12.5. The minimum absolute atomic E-state index is 0.185. The molecule has 1 saturated heterocycles. The zero-order chi connectivity index (χ0) is 15.2. The largest absolute Gasteiger partial charge is 0.368 e.